The molecule has 0 aromatic heterocycles. The van der Waals surface area contributed by atoms with Gasteiger partial charge in [-0.1, -0.05) is 0 Å². The number of carbonyl (C=O) groups excluding carboxylic acids is 1. The Bertz CT molecular complexity index is 229. The lowest BCUT2D eigenvalue weighted by molar-refractivity contribution is -0.118. The van der Waals surface area contributed by atoms with Crippen molar-refractivity contribution in [3.8, 4) is 6.07 Å². The highest BCUT2D eigenvalue weighted by Gasteiger charge is 2.09. The van der Waals surface area contributed by atoms with Gasteiger partial charge in [0, 0.05) is 19.5 Å². The van der Waals surface area contributed by atoms with E-state index < -0.39 is 0 Å². The van der Waals surface area contributed by atoms with E-state index in [9.17, 15) is 4.79 Å². The molecule has 0 aromatic rings. The maximum atomic E-state index is 11.0. The fourth-order valence-corrected chi connectivity index (χ4v) is 1.66. The SMILES string of the molecule is N#CCC(=O)CCCCN1CCOCC1. The van der Waals surface area contributed by atoms with Crippen molar-refractivity contribution in [2.45, 2.75) is 25.7 Å². The van der Waals surface area contributed by atoms with Crippen molar-refractivity contribution in [3.05, 3.63) is 0 Å². The maximum absolute atomic E-state index is 11.0. The van der Waals surface area contributed by atoms with Crippen LogP contribution in [-0.4, -0.2) is 43.5 Å². The third-order valence-corrected chi connectivity index (χ3v) is 2.56. The second-order valence-electron chi connectivity index (χ2n) is 3.78. The zero-order valence-electron chi connectivity index (χ0n) is 9.07. The van der Waals surface area contributed by atoms with Gasteiger partial charge in [0.1, 0.15) is 5.78 Å². The normalized spacial score (nSPS) is 17.3. The number of carbonyl (C=O) groups is 1. The van der Waals surface area contributed by atoms with Gasteiger partial charge in [-0.2, -0.15) is 5.26 Å². The molecule has 0 radical (unpaired) electrons. The quantitative estimate of drug-likeness (QED) is 0.613. The van der Waals surface area contributed by atoms with Gasteiger partial charge < -0.3 is 4.74 Å². The van der Waals surface area contributed by atoms with Gasteiger partial charge >= 0.3 is 0 Å². The molecule has 1 aliphatic rings. The van der Waals surface area contributed by atoms with Crippen molar-refractivity contribution >= 4 is 5.78 Å². The molecule has 1 heterocycles. The summed E-state index contributed by atoms with van der Waals surface area (Å²) in [5.74, 6) is 0.0690. The van der Waals surface area contributed by atoms with E-state index >= 15 is 0 Å². The summed E-state index contributed by atoms with van der Waals surface area (Å²) < 4.78 is 5.24. The van der Waals surface area contributed by atoms with Crippen LogP contribution in [-0.2, 0) is 9.53 Å². The minimum atomic E-state index is 0.0670. The number of nitrogens with zero attached hydrogens (tertiary/aromatic N) is 2. The molecule has 15 heavy (non-hydrogen) atoms. The molecule has 4 nitrogen and oxygen atoms in total. The lowest BCUT2D eigenvalue weighted by atomic mass is 10.1. The first kappa shape index (κ1) is 12.2. The number of rotatable bonds is 6. The second kappa shape index (κ2) is 7.38. The van der Waals surface area contributed by atoms with Gasteiger partial charge in [0.15, 0.2) is 0 Å². The molecule has 0 spiro atoms. The standard InChI is InChI=1S/C11H18N2O2/c12-5-4-11(14)3-1-2-6-13-7-9-15-10-8-13/h1-4,6-10H2. The van der Waals surface area contributed by atoms with Crippen LogP contribution in [0.2, 0.25) is 0 Å². The largest absolute Gasteiger partial charge is 0.379 e. The summed E-state index contributed by atoms with van der Waals surface area (Å²) in [7, 11) is 0. The molecular formula is C11H18N2O2. The number of hydrogen-bond acceptors (Lipinski definition) is 4. The van der Waals surface area contributed by atoms with Gasteiger partial charge in [-0.3, -0.25) is 9.69 Å². The first-order valence-electron chi connectivity index (χ1n) is 5.51. The Morgan fingerprint density at radius 3 is 2.73 bits per heavy atom. The summed E-state index contributed by atoms with van der Waals surface area (Å²) in [6, 6.07) is 1.88. The van der Waals surface area contributed by atoms with Crippen LogP contribution >= 0.6 is 0 Å². The molecule has 0 saturated carbocycles. The Hall–Kier alpha value is -0.920. The number of ether oxygens (including phenoxy) is 1. The molecule has 1 rings (SSSR count). The van der Waals surface area contributed by atoms with Gasteiger partial charge in [-0.15, -0.1) is 0 Å². The molecule has 0 aliphatic carbocycles. The Morgan fingerprint density at radius 2 is 2.07 bits per heavy atom. The predicted molar refractivity (Wildman–Crippen MR) is 56.3 cm³/mol. The van der Waals surface area contributed by atoms with E-state index in [1.165, 1.54) is 0 Å². The maximum Gasteiger partial charge on any atom is 0.146 e. The van der Waals surface area contributed by atoms with Crippen molar-refractivity contribution in [1.82, 2.24) is 4.90 Å². The summed E-state index contributed by atoms with van der Waals surface area (Å²) in [5.41, 5.74) is 0. The number of Topliss-reactive ketones (excluding diaryl/α,β-unsaturated/α-hetero) is 1. The number of unbranched alkanes of at least 4 members (excludes halogenated alkanes) is 1. The van der Waals surface area contributed by atoms with Crippen molar-refractivity contribution in [2.24, 2.45) is 0 Å². The zero-order chi connectivity index (χ0) is 10.9. The highest BCUT2D eigenvalue weighted by Crippen LogP contribution is 2.03. The van der Waals surface area contributed by atoms with Gasteiger partial charge in [-0.25, -0.2) is 0 Å². The molecule has 1 saturated heterocycles. The second-order valence-corrected chi connectivity index (χ2v) is 3.78. The van der Waals surface area contributed by atoms with E-state index in [1.807, 2.05) is 6.07 Å². The Labute approximate surface area is 90.8 Å². The van der Waals surface area contributed by atoms with E-state index in [1.54, 1.807) is 0 Å². The zero-order valence-corrected chi connectivity index (χ0v) is 9.07. The average molecular weight is 210 g/mol. The number of nitriles is 1. The Morgan fingerprint density at radius 1 is 1.33 bits per heavy atom. The highest BCUT2D eigenvalue weighted by atomic mass is 16.5. The molecule has 84 valence electrons. The lowest BCUT2D eigenvalue weighted by Gasteiger charge is -2.26. The average Bonchev–Trinajstić information content (AvgIpc) is 2.26. The third kappa shape index (κ3) is 5.50. The number of morpholine rings is 1. The number of ketones is 1. The van der Waals surface area contributed by atoms with Gasteiger partial charge in [0.25, 0.3) is 0 Å². The van der Waals surface area contributed by atoms with Crippen LogP contribution in [0.1, 0.15) is 25.7 Å². The summed E-state index contributed by atoms with van der Waals surface area (Å²) >= 11 is 0. The Kier molecular flexibility index (Phi) is 5.98. The molecule has 0 aromatic carbocycles. The third-order valence-electron chi connectivity index (χ3n) is 2.56. The monoisotopic (exact) mass is 210 g/mol. The van der Waals surface area contributed by atoms with Crippen LogP contribution < -0.4 is 0 Å². The first-order valence-corrected chi connectivity index (χ1v) is 5.51. The highest BCUT2D eigenvalue weighted by molar-refractivity contribution is 5.80. The summed E-state index contributed by atoms with van der Waals surface area (Å²) in [5, 5.41) is 8.30. The molecule has 1 fully saturated rings. The smallest absolute Gasteiger partial charge is 0.146 e. The fraction of sp³-hybridized carbons (Fsp3) is 0.818. The van der Waals surface area contributed by atoms with Crippen LogP contribution in [0.3, 0.4) is 0 Å². The topological polar surface area (TPSA) is 53.3 Å². The summed E-state index contributed by atoms with van der Waals surface area (Å²) in [6.45, 7) is 4.71. The van der Waals surface area contributed by atoms with Crippen molar-refractivity contribution in [2.75, 3.05) is 32.8 Å². The van der Waals surface area contributed by atoms with Crippen LogP contribution in [0.25, 0.3) is 0 Å². The van der Waals surface area contributed by atoms with E-state index in [-0.39, 0.29) is 12.2 Å². The van der Waals surface area contributed by atoms with Crippen LogP contribution in [0, 0.1) is 11.3 Å². The van der Waals surface area contributed by atoms with E-state index in [2.05, 4.69) is 4.90 Å². The minimum Gasteiger partial charge on any atom is -0.379 e. The van der Waals surface area contributed by atoms with Crippen molar-refractivity contribution in [1.29, 1.82) is 5.26 Å². The van der Waals surface area contributed by atoms with Crippen molar-refractivity contribution < 1.29 is 9.53 Å². The van der Waals surface area contributed by atoms with E-state index in [4.69, 9.17) is 10.00 Å². The predicted octanol–water partition coefficient (Wildman–Crippen LogP) is 0.972. The van der Waals surface area contributed by atoms with Crippen LogP contribution in [0.15, 0.2) is 0 Å². The lowest BCUT2D eigenvalue weighted by Crippen LogP contribution is -2.36. The van der Waals surface area contributed by atoms with Gasteiger partial charge in [0.05, 0.1) is 25.7 Å². The molecule has 0 amide bonds. The van der Waals surface area contributed by atoms with Gasteiger partial charge in [0.2, 0.25) is 0 Å². The molecule has 4 heteroatoms. The van der Waals surface area contributed by atoms with Crippen LogP contribution in [0.5, 0.6) is 0 Å². The molecular weight excluding hydrogens is 192 g/mol. The number of hydrogen-bond donors (Lipinski definition) is 0. The minimum absolute atomic E-state index is 0.0670. The summed E-state index contributed by atoms with van der Waals surface area (Å²) in [6.07, 6.45) is 2.56. The molecule has 0 bridgehead atoms. The van der Waals surface area contributed by atoms with Crippen LogP contribution in [0.4, 0.5) is 0 Å². The van der Waals surface area contributed by atoms with Gasteiger partial charge in [-0.05, 0) is 19.4 Å². The van der Waals surface area contributed by atoms with E-state index in [0.29, 0.717) is 6.42 Å². The van der Waals surface area contributed by atoms with Crippen molar-refractivity contribution in [3.63, 3.8) is 0 Å². The fourth-order valence-electron chi connectivity index (χ4n) is 1.66. The molecule has 0 N–H and O–H groups in total. The molecule has 0 atom stereocenters. The molecule has 0 unspecified atom stereocenters. The molecule has 1 aliphatic heterocycles. The first-order chi connectivity index (χ1) is 7.33. The Balaban J connectivity index is 1.96. The summed E-state index contributed by atoms with van der Waals surface area (Å²) in [4.78, 5) is 13.4. The van der Waals surface area contributed by atoms with E-state index in [0.717, 1.165) is 45.7 Å².